The quantitative estimate of drug-likeness (QED) is 0.369. The summed E-state index contributed by atoms with van der Waals surface area (Å²) in [6.07, 6.45) is 0.853. The minimum atomic E-state index is 0.481. The fraction of sp³-hybridized carbons (Fsp3) is 0.524. The smallest absolute Gasteiger partial charge is 0.214 e. The van der Waals surface area contributed by atoms with Crippen LogP contribution in [-0.2, 0) is 17.8 Å². The van der Waals surface area contributed by atoms with Crippen molar-refractivity contribution in [1.29, 1.82) is 0 Å². The molecule has 7 heteroatoms. The van der Waals surface area contributed by atoms with Crippen LogP contribution >= 0.6 is 0 Å². The lowest BCUT2D eigenvalue weighted by Crippen LogP contribution is -2.36. The number of hydrogen-bond donors (Lipinski definition) is 2. The molecule has 0 radical (unpaired) electrons. The first kappa shape index (κ1) is 21.8. The van der Waals surface area contributed by atoms with E-state index in [4.69, 9.17) is 13.9 Å². The van der Waals surface area contributed by atoms with E-state index in [1.165, 1.54) is 0 Å². The molecule has 2 rings (SSSR count). The monoisotopic (exact) mass is 388 g/mol. The molecule has 0 bridgehead atoms. The molecule has 0 saturated carbocycles. The van der Waals surface area contributed by atoms with Crippen LogP contribution in [0.5, 0.6) is 5.75 Å². The van der Waals surface area contributed by atoms with Crippen molar-refractivity contribution in [3.05, 3.63) is 46.7 Å². The molecule has 0 atom stereocenters. The molecule has 2 N–H and O–H groups in total. The molecule has 2 aromatic rings. The van der Waals surface area contributed by atoms with Crippen LogP contribution in [0, 0.1) is 20.8 Å². The van der Waals surface area contributed by atoms with Crippen LogP contribution in [0.4, 0.5) is 0 Å². The van der Waals surface area contributed by atoms with Gasteiger partial charge >= 0.3 is 0 Å². The van der Waals surface area contributed by atoms with Gasteiger partial charge in [-0.25, -0.2) is 9.98 Å². The van der Waals surface area contributed by atoms with Crippen molar-refractivity contribution in [2.75, 3.05) is 26.9 Å². The Kier molecular flexibility index (Phi) is 8.81. The van der Waals surface area contributed by atoms with Gasteiger partial charge in [-0.1, -0.05) is 12.1 Å². The van der Waals surface area contributed by atoms with E-state index in [9.17, 15) is 0 Å². The van der Waals surface area contributed by atoms with Gasteiger partial charge in [0.15, 0.2) is 5.96 Å². The second-order valence-electron chi connectivity index (χ2n) is 6.60. The van der Waals surface area contributed by atoms with Gasteiger partial charge < -0.3 is 24.5 Å². The molecule has 1 heterocycles. The third-order valence-electron chi connectivity index (χ3n) is 4.20. The van der Waals surface area contributed by atoms with Crippen LogP contribution in [0.15, 0.2) is 27.6 Å². The summed E-state index contributed by atoms with van der Waals surface area (Å²) in [4.78, 5) is 9.07. The first-order valence-electron chi connectivity index (χ1n) is 9.69. The van der Waals surface area contributed by atoms with E-state index in [1.807, 2.05) is 20.8 Å². The molecule has 0 aliphatic carbocycles. The lowest BCUT2D eigenvalue weighted by Gasteiger charge is -2.13. The van der Waals surface area contributed by atoms with E-state index in [-0.39, 0.29) is 0 Å². The Morgan fingerprint density at radius 2 is 2.00 bits per heavy atom. The zero-order chi connectivity index (χ0) is 20.4. The van der Waals surface area contributed by atoms with Crippen LogP contribution < -0.4 is 15.4 Å². The van der Waals surface area contributed by atoms with Crippen LogP contribution in [-0.4, -0.2) is 37.8 Å². The Hall–Kier alpha value is -2.54. The zero-order valence-electron chi connectivity index (χ0n) is 17.6. The topological polar surface area (TPSA) is 80.9 Å². The van der Waals surface area contributed by atoms with E-state index in [0.29, 0.717) is 38.2 Å². The third kappa shape index (κ3) is 6.88. The molecule has 0 aliphatic rings. The van der Waals surface area contributed by atoms with Crippen LogP contribution in [0.3, 0.4) is 0 Å². The van der Waals surface area contributed by atoms with Gasteiger partial charge in [0, 0.05) is 32.2 Å². The molecule has 154 valence electrons. The molecular formula is C21H32N4O3. The molecule has 0 fully saturated rings. The van der Waals surface area contributed by atoms with Crippen molar-refractivity contribution in [3.8, 4) is 5.75 Å². The Morgan fingerprint density at radius 1 is 1.18 bits per heavy atom. The number of methoxy groups -OCH3 is 1. The van der Waals surface area contributed by atoms with Gasteiger partial charge in [-0.15, -0.1) is 0 Å². The molecule has 7 nitrogen and oxygen atoms in total. The first-order chi connectivity index (χ1) is 13.5. The fourth-order valence-electron chi connectivity index (χ4n) is 2.59. The van der Waals surface area contributed by atoms with Gasteiger partial charge in [0.2, 0.25) is 5.89 Å². The first-order valence-corrected chi connectivity index (χ1v) is 9.69. The summed E-state index contributed by atoms with van der Waals surface area (Å²) in [6, 6.07) is 6.19. The molecule has 1 aromatic carbocycles. The van der Waals surface area contributed by atoms with E-state index in [2.05, 4.69) is 45.7 Å². The highest BCUT2D eigenvalue weighted by Crippen LogP contribution is 2.21. The van der Waals surface area contributed by atoms with Gasteiger partial charge in [0.1, 0.15) is 11.5 Å². The zero-order valence-corrected chi connectivity index (χ0v) is 17.6. The average molecular weight is 389 g/mol. The fourth-order valence-corrected chi connectivity index (χ4v) is 2.59. The predicted octanol–water partition coefficient (Wildman–Crippen LogP) is 3.27. The summed E-state index contributed by atoms with van der Waals surface area (Å²) in [5.41, 5.74) is 3.12. The highest BCUT2D eigenvalue weighted by molar-refractivity contribution is 5.79. The highest BCUT2D eigenvalue weighted by Gasteiger charge is 2.08. The number of ether oxygens (including phenoxy) is 2. The minimum absolute atomic E-state index is 0.481. The Morgan fingerprint density at radius 3 is 2.68 bits per heavy atom. The standard InChI is InChI=1S/C21H32N4O3/c1-6-22-21(24-14-20-25-16(3)17(4)28-20)23-13-18-9-8-15(2)12-19(18)27-11-7-10-26-5/h8-9,12H,6-7,10-11,13-14H2,1-5H3,(H2,22,23,24). The van der Waals surface area contributed by atoms with Crippen molar-refractivity contribution < 1.29 is 13.9 Å². The summed E-state index contributed by atoms with van der Waals surface area (Å²) in [5, 5.41) is 6.51. The van der Waals surface area contributed by atoms with Crippen molar-refractivity contribution in [2.24, 2.45) is 4.99 Å². The highest BCUT2D eigenvalue weighted by atomic mass is 16.5. The maximum atomic E-state index is 5.94. The summed E-state index contributed by atoms with van der Waals surface area (Å²) in [6.45, 7) is 11.0. The lowest BCUT2D eigenvalue weighted by molar-refractivity contribution is 0.172. The summed E-state index contributed by atoms with van der Waals surface area (Å²) in [5.74, 6) is 3.07. The average Bonchev–Trinajstić information content (AvgIpc) is 3.00. The van der Waals surface area contributed by atoms with Crippen molar-refractivity contribution in [2.45, 2.75) is 47.2 Å². The number of nitrogens with zero attached hydrogens (tertiary/aromatic N) is 2. The number of hydrogen-bond acceptors (Lipinski definition) is 5. The van der Waals surface area contributed by atoms with Crippen LogP contribution in [0.1, 0.15) is 41.8 Å². The number of aryl methyl sites for hydroxylation is 3. The maximum absolute atomic E-state index is 5.94. The van der Waals surface area contributed by atoms with E-state index in [1.54, 1.807) is 7.11 Å². The minimum Gasteiger partial charge on any atom is -0.493 e. The Bertz CT molecular complexity index is 752. The second kappa shape index (κ2) is 11.3. The van der Waals surface area contributed by atoms with Gasteiger partial charge in [0.05, 0.1) is 25.4 Å². The number of nitrogens with one attached hydrogen (secondary N) is 2. The summed E-state index contributed by atoms with van der Waals surface area (Å²) in [7, 11) is 1.70. The maximum Gasteiger partial charge on any atom is 0.214 e. The van der Waals surface area contributed by atoms with Crippen molar-refractivity contribution in [1.82, 2.24) is 15.6 Å². The third-order valence-corrected chi connectivity index (χ3v) is 4.20. The predicted molar refractivity (Wildman–Crippen MR) is 111 cm³/mol. The number of guanidine groups is 1. The number of aliphatic imine (C=N–C) groups is 1. The van der Waals surface area contributed by atoms with Crippen molar-refractivity contribution >= 4 is 5.96 Å². The number of benzene rings is 1. The van der Waals surface area contributed by atoms with Gasteiger partial charge in [-0.2, -0.15) is 0 Å². The van der Waals surface area contributed by atoms with Gasteiger partial charge in [0.25, 0.3) is 0 Å². The van der Waals surface area contributed by atoms with E-state index in [0.717, 1.165) is 41.3 Å². The molecular weight excluding hydrogens is 356 g/mol. The molecule has 0 spiro atoms. The van der Waals surface area contributed by atoms with Crippen molar-refractivity contribution in [3.63, 3.8) is 0 Å². The molecule has 0 aliphatic heterocycles. The molecule has 1 aromatic heterocycles. The van der Waals surface area contributed by atoms with Crippen LogP contribution in [0.2, 0.25) is 0 Å². The van der Waals surface area contributed by atoms with Gasteiger partial charge in [-0.05, 0) is 39.3 Å². The van der Waals surface area contributed by atoms with Gasteiger partial charge in [-0.3, -0.25) is 0 Å². The molecule has 28 heavy (non-hydrogen) atoms. The summed E-state index contributed by atoms with van der Waals surface area (Å²) >= 11 is 0. The second-order valence-corrected chi connectivity index (χ2v) is 6.60. The molecule has 0 amide bonds. The number of oxazole rings is 1. The Balaban J connectivity index is 2.02. The van der Waals surface area contributed by atoms with E-state index >= 15 is 0 Å². The SMILES string of the molecule is CCNC(=NCc1ccc(C)cc1OCCCOC)NCc1nc(C)c(C)o1. The Labute approximate surface area is 167 Å². The molecule has 0 unspecified atom stereocenters. The summed E-state index contributed by atoms with van der Waals surface area (Å²) < 4.78 is 16.6. The van der Waals surface area contributed by atoms with E-state index < -0.39 is 0 Å². The van der Waals surface area contributed by atoms with Crippen LogP contribution in [0.25, 0.3) is 0 Å². The normalized spacial score (nSPS) is 11.5. The number of aromatic nitrogens is 1. The lowest BCUT2D eigenvalue weighted by atomic mass is 10.1. The largest absolute Gasteiger partial charge is 0.493 e. The number of rotatable bonds is 10. The molecule has 0 saturated heterocycles.